The van der Waals surface area contributed by atoms with Gasteiger partial charge in [-0.05, 0) is 62.1 Å². The van der Waals surface area contributed by atoms with Gasteiger partial charge in [0.2, 0.25) is 11.8 Å². The zero-order chi connectivity index (χ0) is 33.4. The number of carbonyl (C=O) groups is 2. The molecule has 0 unspecified atom stereocenters. The summed E-state index contributed by atoms with van der Waals surface area (Å²) in [4.78, 5) is 46.0. The Morgan fingerprint density at radius 1 is 0.979 bits per heavy atom. The molecule has 7 rings (SSSR count). The Labute approximate surface area is 282 Å². The van der Waals surface area contributed by atoms with E-state index in [0.29, 0.717) is 38.6 Å². The van der Waals surface area contributed by atoms with E-state index in [2.05, 4.69) is 58.7 Å². The number of likely N-dealkylation sites (N-methyl/N-ethyl adjacent to an activating group) is 1. The van der Waals surface area contributed by atoms with E-state index in [9.17, 15) is 14.9 Å². The number of aromatic nitrogens is 2. The average molecular weight is 647 g/mol. The third-order valence-electron chi connectivity index (χ3n) is 10.2. The van der Waals surface area contributed by atoms with Gasteiger partial charge in [0.05, 0.1) is 42.1 Å². The number of hydrogen-bond acceptors (Lipinski definition) is 9. The van der Waals surface area contributed by atoms with Crippen LogP contribution in [-0.2, 0) is 41.9 Å². The van der Waals surface area contributed by atoms with Crippen molar-refractivity contribution in [2.24, 2.45) is 0 Å². The van der Waals surface area contributed by atoms with Crippen LogP contribution in [0.3, 0.4) is 0 Å². The highest BCUT2D eigenvalue weighted by molar-refractivity contribution is 5.99. The zero-order valence-corrected chi connectivity index (χ0v) is 27.8. The number of para-hydroxylation sites is 1. The van der Waals surface area contributed by atoms with Crippen LogP contribution >= 0.6 is 0 Å². The Bertz CT molecular complexity index is 1800. The average Bonchev–Trinajstić information content (AvgIpc) is 3.31. The second-order valence-corrected chi connectivity index (χ2v) is 13.2. The van der Waals surface area contributed by atoms with Crippen molar-refractivity contribution in [3.05, 3.63) is 77.0 Å². The molecule has 11 heteroatoms. The number of hydrogen-bond donors (Lipinski definition) is 0. The standard InChI is InChI=1S/C37H42N8O3/c1-4-33(46)45-21-20-44(23-27(45)15-17-38)36-29-10-7-18-43(31-11-5-8-25-13-14-34(47)42(3)35(25)31)24-30(29)39-37(40-36)48-32-12-6-9-26-22-41(2)19-16-28(26)32/h4-6,8-9,11-12,27H,1,7,10,13-16,18-24H2,2-3H3/t27-/m0/s1. The molecule has 0 aliphatic carbocycles. The highest BCUT2D eigenvalue weighted by Crippen LogP contribution is 2.40. The summed E-state index contributed by atoms with van der Waals surface area (Å²) in [7, 11) is 4.00. The highest BCUT2D eigenvalue weighted by atomic mass is 16.5. The van der Waals surface area contributed by atoms with Crippen molar-refractivity contribution in [1.29, 1.82) is 5.26 Å². The maximum absolute atomic E-state index is 12.8. The molecule has 4 aliphatic rings. The lowest BCUT2D eigenvalue weighted by Gasteiger charge is -2.41. The van der Waals surface area contributed by atoms with Crippen molar-refractivity contribution < 1.29 is 14.3 Å². The van der Waals surface area contributed by atoms with Crippen molar-refractivity contribution >= 4 is 29.0 Å². The molecule has 0 bridgehead atoms. The zero-order valence-electron chi connectivity index (χ0n) is 27.8. The SMILES string of the molecule is C=CC(=O)N1CCN(c2nc(Oc3cccc4c3CCN(C)C4)nc3c2CCCN(c2cccc4c2N(C)C(=O)CC4)C3)C[C@@H]1CC#N. The van der Waals surface area contributed by atoms with Gasteiger partial charge in [0.1, 0.15) is 11.6 Å². The summed E-state index contributed by atoms with van der Waals surface area (Å²) in [6.07, 6.45) is 5.33. The molecule has 11 nitrogen and oxygen atoms in total. The first-order valence-electron chi connectivity index (χ1n) is 16.9. The van der Waals surface area contributed by atoms with Crippen LogP contribution in [-0.4, -0.2) is 84.4 Å². The monoisotopic (exact) mass is 646 g/mol. The summed E-state index contributed by atoms with van der Waals surface area (Å²) in [5.41, 5.74) is 7.58. The number of carbonyl (C=O) groups excluding carboxylic acids is 2. The van der Waals surface area contributed by atoms with Gasteiger partial charge in [-0.2, -0.15) is 15.2 Å². The second-order valence-electron chi connectivity index (χ2n) is 13.2. The van der Waals surface area contributed by atoms with Crippen LogP contribution in [0.2, 0.25) is 0 Å². The molecule has 1 aromatic heterocycles. The van der Waals surface area contributed by atoms with Crippen molar-refractivity contribution in [2.45, 2.75) is 57.7 Å². The first kappa shape index (κ1) is 31.6. The molecule has 3 aromatic rings. The predicted octanol–water partition coefficient (Wildman–Crippen LogP) is 4.24. The molecular weight excluding hydrogens is 604 g/mol. The van der Waals surface area contributed by atoms with Crippen LogP contribution in [0.5, 0.6) is 11.8 Å². The number of fused-ring (bicyclic) bond motifs is 3. The van der Waals surface area contributed by atoms with Gasteiger partial charge in [-0.3, -0.25) is 9.59 Å². The van der Waals surface area contributed by atoms with E-state index in [1.165, 1.54) is 22.8 Å². The fourth-order valence-electron chi connectivity index (χ4n) is 7.70. The van der Waals surface area contributed by atoms with Gasteiger partial charge >= 0.3 is 6.01 Å². The second kappa shape index (κ2) is 13.3. The van der Waals surface area contributed by atoms with Crippen LogP contribution < -0.4 is 19.4 Å². The molecule has 0 saturated carbocycles. The summed E-state index contributed by atoms with van der Waals surface area (Å²) in [5.74, 6) is 1.55. The van der Waals surface area contributed by atoms with E-state index < -0.39 is 0 Å². The van der Waals surface area contributed by atoms with E-state index in [1.807, 2.05) is 19.2 Å². The number of nitriles is 1. The Morgan fingerprint density at radius 2 is 1.81 bits per heavy atom. The molecule has 1 saturated heterocycles. The Morgan fingerprint density at radius 3 is 2.65 bits per heavy atom. The fraction of sp³-hybridized carbons (Fsp3) is 0.432. The summed E-state index contributed by atoms with van der Waals surface area (Å²) >= 11 is 0. The minimum absolute atomic E-state index is 0.129. The van der Waals surface area contributed by atoms with Crippen LogP contribution in [0.4, 0.5) is 17.2 Å². The minimum atomic E-state index is -0.284. The fourth-order valence-corrected chi connectivity index (χ4v) is 7.70. The van der Waals surface area contributed by atoms with Crippen LogP contribution in [0.1, 0.15) is 47.2 Å². The van der Waals surface area contributed by atoms with Crippen molar-refractivity contribution in [3.63, 3.8) is 0 Å². The summed E-state index contributed by atoms with van der Waals surface area (Å²) < 4.78 is 6.60. The quantitative estimate of drug-likeness (QED) is 0.364. The largest absolute Gasteiger partial charge is 0.424 e. The number of benzene rings is 2. The molecule has 0 spiro atoms. The topological polar surface area (TPSA) is 109 Å². The molecule has 2 amide bonds. The summed E-state index contributed by atoms with van der Waals surface area (Å²) in [6, 6.07) is 14.8. The molecular formula is C37H42N8O3. The van der Waals surface area contributed by atoms with Crippen LogP contribution in [0, 0.1) is 11.3 Å². The Balaban J connectivity index is 1.29. The lowest BCUT2D eigenvalue weighted by Crippen LogP contribution is -2.55. The maximum Gasteiger partial charge on any atom is 0.324 e. The number of amides is 2. The van der Waals surface area contributed by atoms with Gasteiger partial charge in [-0.15, -0.1) is 0 Å². The lowest BCUT2D eigenvalue weighted by molar-refractivity contribution is -0.128. The number of ether oxygens (including phenoxy) is 1. The first-order chi connectivity index (χ1) is 23.3. The van der Waals surface area contributed by atoms with Crippen molar-refractivity contribution in [1.82, 2.24) is 19.8 Å². The van der Waals surface area contributed by atoms with Crippen LogP contribution in [0.15, 0.2) is 49.1 Å². The number of anilines is 3. The molecule has 2 aromatic carbocycles. The predicted molar refractivity (Wildman–Crippen MR) is 184 cm³/mol. The number of rotatable bonds is 6. The molecule has 1 atom stereocenters. The number of piperazine rings is 1. The third kappa shape index (κ3) is 5.97. The van der Waals surface area contributed by atoms with Gasteiger partial charge < -0.3 is 29.2 Å². The number of aryl methyl sites for hydroxylation is 1. The van der Waals surface area contributed by atoms with Gasteiger partial charge in [0.25, 0.3) is 0 Å². The Kier molecular flexibility index (Phi) is 8.75. The normalized spacial score (nSPS) is 19.5. The van der Waals surface area contributed by atoms with Gasteiger partial charge in [0, 0.05) is 63.9 Å². The molecule has 248 valence electrons. The molecule has 4 aliphatic heterocycles. The summed E-state index contributed by atoms with van der Waals surface area (Å²) in [6.45, 7) is 8.33. The summed E-state index contributed by atoms with van der Waals surface area (Å²) in [5, 5.41) is 9.64. The minimum Gasteiger partial charge on any atom is -0.424 e. The van der Waals surface area contributed by atoms with E-state index >= 15 is 0 Å². The Hall–Kier alpha value is -4.95. The molecule has 48 heavy (non-hydrogen) atoms. The third-order valence-corrected chi connectivity index (χ3v) is 10.2. The van der Waals surface area contributed by atoms with Crippen molar-refractivity contribution in [2.75, 3.05) is 61.5 Å². The van der Waals surface area contributed by atoms with E-state index in [0.717, 1.165) is 79.5 Å². The van der Waals surface area contributed by atoms with Crippen LogP contribution in [0.25, 0.3) is 0 Å². The smallest absolute Gasteiger partial charge is 0.324 e. The van der Waals surface area contributed by atoms with E-state index in [-0.39, 0.29) is 24.3 Å². The van der Waals surface area contributed by atoms with Gasteiger partial charge in [-0.25, -0.2) is 0 Å². The molecule has 0 radical (unpaired) electrons. The van der Waals surface area contributed by atoms with Crippen molar-refractivity contribution in [3.8, 4) is 17.8 Å². The molecule has 0 N–H and O–H groups in total. The number of nitrogens with zero attached hydrogens (tertiary/aromatic N) is 8. The van der Waals surface area contributed by atoms with Gasteiger partial charge in [0.15, 0.2) is 0 Å². The van der Waals surface area contributed by atoms with Gasteiger partial charge in [-0.1, -0.05) is 30.8 Å². The maximum atomic E-state index is 12.8. The highest BCUT2D eigenvalue weighted by Gasteiger charge is 2.34. The molecule has 1 fully saturated rings. The van der Waals surface area contributed by atoms with E-state index in [1.54, 1.807) is 9.80 Å². The molecule has 5 heterocycles. The first-order valence-corrected chi connectivity index (χ1v) is 16.9. The lowest BCUT2D eigenvalue weighted by atomic mass is 9.99. The van der Waals surface area contributed by atoms with E-state index in [4.69, 9.17) is 14.7 Å².